The van der Waals surface area contributed by atoms with E-state index in [0.717, 1.165) is 11.1 Å². The van der Waals surface area contributed by atoms with Gasteiger partial charge in [0.2, 0.25) is 0 Å². The van der Waals surface area contributed by atoms with E-state index in [2.05, 4.69) is 6.92 Å². The van der Waals surface area contributed by atoms with Gasteiger partial charge < -0.3 is 4.74 Å². The van der Waals surface area contributed by atoms with E-state index in [4.69, 9.17) is 4.74 Å². The summed E-state index contributed by atoms with van der Waals surface area (Å²) < 4.78 is 4.96. The quantitative estimate of drug-likeness (QED) is 0.544. The van der Waals surface area contributed by atoms with E-state index in [-0.39, 0.29) is 12.1 Å². The Morgan fingerprint density at radius 2 is 2.25 bits per heavy atom. The molecule has 1 unspecified atom stereocenters. The average Bonchev–Trinajstić information content (AvgIpc) is 2.29. The van der Waals surface area contributed by atoms with Gasteiger partial charge in [0, 0.05) is 5.56 Å². The molecule has 2 rings (SSSR count). The number of rotatable bonds is 0. The van der Waals surface area contributed by atoms with Gasteiger partial charge in [-0.2, -0.15) is 0 Å². The number of carbonyl (C=O) groups excluding carboxylic acids is 1. The smallest absolute Gasteiger partial charge is 0.339 e. The summed E-state index contributed by atoms with van der Waals surface area (Å²) in [6.07, 6.45) is -0.326. The van der Waals surface area contributed by atoms with Crippen LogP contribution in [0.4, 0.5) is 0 Å². The molecule has 0 bridgehead atoms. The van der Waals surface area contributed by atoms with Gasteiger partial charge in [-0.15, -0.1) is 0 Å². The summed E-state index contributed by atoms with van der Waals surface area (Å²) in [6, 6.07) is 5.69. The van der Waals surface area contributed by atoms with Gasteiger partial charge in [0.05, 0.1) is 5.56 Å². The first-order chi connectivity index (χ1) is 5.70. The average molecular weight is 161 g/mol. The monoisotopic (exact) mass is 161 g/mol. The molecule has 0 amide bonds. The molecule has 0 N–H and O–H groups in total. The number of aryl methyl sites for hydroxylation is 1. The number of hydrogen-bond donors (Lipinski definition) is 0. The molecule has 0 spiro atoms. The van der Waals surface area contributed by atoms with Crippen LogP contribution in [-0.4, -0.2) is 5.97 Å². The molecule has 1 atom stereocenters. The molecule has 1 aromatic rings. The molecule has 2 heteroatoms. The molecule has 0 saturated heterocycles. The van der Waals surface area contributed by atoms with Crippen LogP contribution in [0.15, 0.2) is 18.2 Å². The minimum atomic E-state index is -0.326. The lowest BCUT2D eigenvalue weighted by Crippen LogP contribution is -1.96. The fourth-order valence-corrected chi connectivity index (χ4v) is 1.49. The number of hydrogen-bond acceptors (Lipinski definition) is 2. The van der Waals surface area contributed by atoms with Crippen LogP contribution in [0, 0.1) is 13.8 Å². The topological polar surface area (TPSA) is 26.3 Å². The van der Waals surface area contributed by atoms with Crippen LogP contribution in [0.3, 0.4) is 0 Å². The highest BCUT2D eigenvalue weighted by Gasteiger charge is 2.28. The zero-order valence-electron chi connectivity index (χ0n) is 6.83. The van der Waals surface area contributed by atoms with E-state index in [1.54, 1.807) is 0 Å². The molecule has 0 saturated carbocycles. The lowest BCUT2D eigenvalue weighted by Gasteiger charge is -2.00. The molecule has 12 heavy (non-hydrogen) atoms. The van der Waals surface area contributed by atoms with E-state index >= 15 is 0 Å². The zero-order valence-corrected chi connectivity index (χ0v) is 6.83. The SMILES string of the molecule is [CH2]C1OC(=O)c2c(C)cccc21. The van der Waals surface area contributed by atoms with E-state index in [9.17, 15) is 4.79 Å². The molecule has 61 valence electrons. The van der Waals surface area contributed by atoms with Crippen molar-refractivity contribution in [2.75, 3.05) is 0 Å². The first kappa shape index (κ1) is 7.35. The van der Waals surface area contributed by atoms with E-state index in [1.165, 1.54) is 0 Å². The van der Waals surface area contributed by atoms with Crippen molar-refractivity contribution in [1.82, 2.24) is 0 Å². The molecule has 1 aliphatic heterocycles. The molecular weight excluding hydrogens is 152 g/mol. The minimum absolute atomic E-state index is 0.247. The molecule has 0 fully saturated rings. The Morgan fingerprint density at radius 3 is 2.92 bits per heavy atom. The maximum atomic E-state index is 11.2. The normalized spacial score (nSPS) is 20.5. The van der Waals surface area contributed by atoms with Crippen molar-refractivity contribution in [3.8, 4) is 0 Å². The lowest BCUT2D eigenvalue weighted by molar-refractivity contribution is 0.0463. The fourth-order valence-electron chi connectivity index (χ4n) is 1.49. The second-order valence-corrected chi connectivity index (χ2v) is 2.93. The first-order valence-electron chi connectivity index (χ1n) is 3.83. The Balaban J connectivity index is 2.67. The van der Waals surface area contributed by atoms with Crippen LogP contribution >= 0.6 is 0 Å². The highest BCUT2D eigenvalue weighted by atomic mass is 16.5. The van der Waals surface area contributed by atoms with Crippen LogP contribution in [-0.2, 0) is 4.74 Å². The number of fused-ring (bicyclic) bond motifs is 1. The Kier molecular flexibility index (Phi) is 1.43. The predicted molar refractivity (Wildman–Crippen MR) is 44.7 cm³/mol. The van der Waals surface area contributed by atoms with E-state index in [0.29, 0.717) is 5.56 Å². The lowest BCUT2D eigenvalue weighted by atomic mass is 10.0. The molecule has 1 heterocycles. The van der Waals surface area contributed by atoms with Crippen molar-refractivity contribution < 1.29 is 9.53 Å². The summed E-state index contributed by atoms with van der Waals surface area (Å²) >= 11 is 0. The van der Waals surface area contributed by atoms with Crippen LogP contribution in [0.1, 0.15) is 27.6 Å². The number of carbonyl (C=O) groups is 1. The summed E-state index contributed by atoms with van der Waals surface area (Å²) in [7, 11) is 0. The summed E-state index contributed by atoms with van der Waals surface area (Å²) in [5.41, 5.74) is 2.56. The summed E-state index contributed by atoms with van der Waals surface area (Å²) in [5.74, 6) is -0.247. The highest BCUT2D eigenvalue weighted by Crippen LogP contribution is 2.31. The Morgan fingerprint density at radius 1 is 1.50 bits per heavy atom. The Bertz CT molecular complexity index is 342. The number of benzene rings is 1. The molecular formula is C10H9O2. The summed E-state index contributed by atoms with van der Waals surface area (Å²) in [4.78, 5) is 11.2. The Labute approximate surface area is 71.2 Å². The Hall–Kier alpha value is -1.31. The number of esters is 1. The van der Waals surface area contributed by atoms with Gasteiger partial charge in [-0.3, -0.25) is 0 Å². The van der Waals surface area contributed by atoms with Crippen LogP contribution in [0.2, 0.25) is 0 Å². The number of ether oxygens (including phenoxy) is 1. The van der Waals surface area contributed by atoms with Crippen molar-refractivity contribution in [3.63, 3.8) is 0 Å². The van der Waals surface area contributed by atoms with Crippen molar-refractivity contribution in [1.29, 1.82) is 0 Å². The maximum Gasteiger partial charge on any atom is 0.339 e. The predicted octanol–water partition coefficient (Wildman–Crippen LogP) is 2.04. The standard InChI is InChI=1S/C10H9O2/c1-6-4-3-5-8-7(2)12-10(11)9(6)8/h3-5,7H,2H2,1H3. The van der Waals surface area contributed by atoms with Gasteiger partial charge in [-0.1, -0.05) is 18.2 Å². The second kappa shape index (κ2) is 2.34. The van der Waals surface area contributed by atoms with Gasteiger partial charge >= 0.3 is 5.97 Å². The molecule has 0 aliphatic carbocycles. The number of cyclic esters (lactones) is 1. The van der Waals surface area contributed by atoms with E-state index < -0.39 is 0 Å². The molecule has 1 aliphatic rings. The van der Waals surface area contributed by atoms with Crippen molar-refractivity contribution in [2.45, 2.75) is 13.0 Å². The maximum absolute atomic E-state index is 11.2. The van der Waals surface area contributed by atoms with Gasteiger partial charge in [0.15, 0.2) is 0 Å². The van der Waals surface area contributed by atoms with E-state index in [1.807, 2.05) is 25.1 Å². The van der Waals surface area contributed by atoms with Crippen LogP contribution < -0.4 is 0 Å². The van der Waals surface area contributed by atoms with Gasteiger partial charge in [-0.25, -0.2) is 4.79 Å². The minimum Gasteiger partial charge on any atom is -0.454 e. The van der Waals surface area contributed by atoms with Crippen LogP contribution in [0.25, 0.3) is 0 Å². The highest BCUT2D eigenvalue weighted by molar-refractivity contribution is 5.95. The summed E-state index contributed by atoms with van der Waals surface area (Å²) in [5, 5.41) is 0. The molecule has 1 aromatic carbocycles. The van der Waals surface area contributed by atoms with Crippen molar-refractivity contribution >= 4 is 5.97 Å². The zero-order chi connectivity index (χ0) is 8.72. The molecule has 0 aromatic heterocycles. The molecule has 2 nitrogen and oxygen atoms in total. The third-order valence-corrected chi connectivity index (χ3v) is 2.11. The first-order valence-corrected chi connectivity index (χ1v) is 3.83. The van der Waals surface area contributed by atoms with Crippen LogP contribution in [0.5, 0.6) is 0 Å². The van der Waals surface area contributed by atoms with Crippen molar-refractivity contribution in [3.05, 3.63) is 41.8 Å². The third-order valence-electron chi connectivity index (χ3n) is 2.11. The fraction of sp³-hybridized carbons (Fsp3) is 0.200. The van der Waals surface area contributed by atoms with Crippen molar-refractivity contribution in [2.24, 2.45) is 0 Å². The van der Waals surface area contributed by atoms with Gasteiger partial charge in [-0.05, 0) is 19.4 Å². The summed E-state index contributed by atoms with van der Waals surface area (Å²) in [6.45, 7) is 5.63. The second-order valence-electron chi connectivity index (χ2n) is 2.93. The molecule has 1 radical (unpaired) electrons. The largest absolute Gasteiger partial charge is 0.454 e. The van der Waals surface area contributed by atoms with Gasteiger partial charge in [0.25, 0.3) is 0 Å². The third kappa shape index (κ3) is 0.843. The van der Waals surface area contributed by atoms with Gasteiger partial charge in [0.1, 0.15) is 6.10 Å².